The Morgan fingerprint density at radius 2 is 1.68 bits per heavy atom. The van der Waals surface area contributed by atoms with Gasteiger partial charge in [-0.15, -0.1) is 0 Å². The lowest BCUT2D eigenvalue weighted by atomic mass is 10.1. The van der Waals surface area contributed by atoms with Gasteiger partial charge in [-0.05, 0) is 52.0 Å². The van der Waals surface area contributed by atoms with Gasteiger partial charge in [-0.1, -0.05) is 30.5 Å². The molecule has 2 aromatic carbocycles. The van der Waals surface area contributed by atoms with Crippen molar-refractivity contribution in [2.45, 2.75) is 27.7 Å². The minimum absolute atomic E-state index is 0.199. The molecule has 0 saturated heterocycles. The number of fused-ring (bicyclic) bond motifs is 1. The lowest BCUT2D eigenvalue weighted by molar-refractivity contribution is 0.477. The highest BCUT2D eigenvalue weighted by Crippen LogP contribution is 2.42. The zero-order valence-electron chi connectivity index (χ0n) is 16.5. The molecule has 0 amide bonds. The highest BCUT2D eigenvalue weighted by atomic mass is 32.2. The molecule has 0 unspecified atom stereocenters. The third-order valence-electron chi connectivity index (χ3n) is 5.25. The number of phenolic OH excluding ortho intramolecular Hbond substituents is 1. The SMILES string of the molecule is C=Cn1c(-c2ccc(N3C(C)=C(C)SC(C)=C3C)cc2O)nc2ccccc21. The fourth-order valence-corrected chi connectivity index (χ4v) is 4.54. The molecule has 0 fully saturated rings. The average Bonchev–Trinajstić information content (AvgIpc) is 3.05. The normalized spacial score (nSPS) is 14.9. The smallest absolute Gasteiger partial charge is 0.148 e. The van der Waals surface area contributed by atoms with Crippen molar-refractivity contribution in [3.05, 3.63) is 70.2 Å². The molecule has 1 aliphatic heterocycles. The molecule has 142 valence electrons. The average molecular weight is 390 g/mol. The van der Waals surface area contributed by atoms with E-state index in [1.165, 1.54) is 21.2 Å². The Bertz CT molecular complexity index is 1150. The zero-order chi connectivity index (χ0) is 20.0. The largest absolute Gasteiger partial charge is 0.507 e. The number of thioether (sulfide) groups is 1. The molecule has 2 heterocycles. The maximum atomic E-state index is 10.9. The van der Waals surface area contributed by atoms with Crippen LogP contribution < -0.4 is 4.90 Å². The van der Waals surface area contributed by atoms with Crippen molar-refractivity contribution in [3.63, 3.8) is 0 Å². The van der Waals surface area contributed by atoms with Gasteiger partial charge in [0.1, 0.15) is 11.6 Å². The molecular formula is C23H23N3OS. The van der Waals surface area contributed by atoms with Crippen LogP contribution in [0, 0.1) is 0 Å². The molecule has 4 nitrogen and oxygen atoms in total. The van der Waals surface area contributed by atoms with E-state index in [-0.39, 0.29) is 5.75 Å². The molecule has 1 N–H and O–H groups in total. The van der Waals surface area contributed by atoms with E-state index in [2.05, 4.69) is 39.2 Å². The van der Waals surface area contributed by atoms with Crippen LogP contribution in [0.1, 0.15) is 27.7 Å². The van der Waals surface area contributed by atoms with Gasteiger partial charge in [0.2, 0.25) is 0 Å². The number of imidazole rings is 1. The van der Waals surface area contributed by atoms with Crippen LogP contribution in [0.4, 0.5) is 5.69 Å². The van der Waals surface area contributed by atoms with E-state index in [4.69, 9.17) is 4.98 Å². The number of allylic oxidation sites excluding steroid dienone is 4. The molecule has 1 aromatic heterocycles. The van der Waals surface area contributed by atoms with Crippen molar-refractivity contribution < 1.29 is 5.11 Å². The monoisotopic (exact) mass is 389 g/mol. The van der Waals surface area contributed by atoms with E-state index >= 15 is 0 Å². The summed E-state index contributed by atoms with van der Waals surface area (Å²) in [5.74, 6) is 0.881. The van der Waals surface area contributed by atoms with E-state index < -0.39 is 0 Å². The second-order valence-corrected chi connectivity index (χ2v) is 8.33. The number of anilines is 1. The molecule has 5 heteroatoms. The van der Waals surface area contributed by atoms with Crippen LogP contribution in [0.15, 0.2) is 70.2 Å². The van der Waals surface area contributed by atoms with Crippen molar-refractivity contribution in [2.75, 3.05) is 4.90 Å². The highest BCUT2D eigenvalue weighted by Gasteiger charge is 2.22. The number of phenols is 1. The molecule has 3 aromatic rings. The van der Waals surface area contributed by atoms with Crippen LogP contribution in [-0.4, -0.2) is 14.7 Å². The number of aromatic nitrogens is 2. The second kappa shape index (κ2) is 6.91. The molecule has 28 heavy (non-hydrogen) atoms. The van der Waals surface area contributed by atoms with E-state index in [0.717, 1.165) is 16.7 Å². The van der Waals surface area contributed by atoms with Crippen molar-refractivity contribution in [3.8, 4) is 17.1 Å². The summed E-state index contributed by atoms with van der Waals surface area (Å²) < 4.78 is 1.91. The fraction of sp³-hybridized carbons (Fsp3) is 0.174. The number of hydrogen-bond donors (Lipinski definition) is 1. The predicted octanol–water partition coefficient (Wildman–Crippen LogP) is 6.57. The van der Waals surface area contributed by atoms with E-state index in [1.54, 1.807) is 18.0 Å². The van der Waals surface area contributed by atoms with E-state index in [9.17, 15) is 5.11 Å². The van der Waals surface area contributed by atoms with Gasteiger partial charge >= 0.3 is 0 Å². The summed E-state index contributed by atoms with van der Waals surface area (Å²) in [7, 11) is 0. The first-order valence-electron chi connectivity index (χ1n) is 9.18. The summed E-state index contributed by atoms with van der Waals surface area (Å²) in [5, 5.41) is 10.9. The Balaban J connectivity index is 1.84. The van der Waals surface area contributed by atoms with Gasteiger partial charge < -0.3 is 10.0 Å². The summed E-state index contributed by atoms with van der Waals surface area (Å²) in [6.07, 6.45) is 1.73. The van der Waals surface area contributed by atoms with Crippen molar-refractivity contribution in [1.29, 1.82) is 0 Å². The van der Waals surface area contributed by atoms with E-state index in [1.807, 2.05) is 47.0 Å². The summed E-state index contributed by atoms with van der Waals surface area (Å²) in [6.45, 7) is 12.4. The summed E-state index contributed by atoms with van der Waals surface area (Å²) in [4.78, 5) is 9.43. The topological polar surface area (TPSA) is 41.3 Å². The number of nitrogens with zero attached hydrogens (tertiary/aromatic N) is 3. The van der Waals surface area contributed by atoms with Crippen LogP contribution in [0.2, 0.25) is 0 Å². The summed E-state index contributed by atoms with van der Waals surface area (Å²) in [5.41, 5.74) is 5.82. The fourth-order valence-electron chi connectivity index (χ4n) is 3.60. The maximum absolute atomic E-state index is 10.9. The van der Waals surface area contributed by atoms with Crippen LogP contribution in [0.25, 0.3) is 28.6 Å². The molecule has 0 bridgehead atoms. The number of para-hydroxylation sites is 2. The Morgan fingerprint density at radius 3 is 2.32 bits per heavy atom. The Morgan fingerprint density at radius 1 is 1.00 bits per heavy atom. The van der Waals surface area contributed by atoms with Crippen LogP contribution >= 0.6 is 11.8 Å². The van der Waals surface area contributed by atoms with Crippen molar-refractivity contribution in [1.82, 2.24) is 9.55 Å². The third kappa shape index (κ3) is 2.83. The number of rotatable bonds is 3. The molecule has 0 radical (unpaired) electrons. The van der Waals surface area contributed by atoms with Gasteiger partial charge in [0.25, 0.3) is 0 Å². The number of hydrogen-bond acceptors (Lipinski definition) is 4. The first kappa shape index (κ1) is 18.4. The molecule has 0 saturated carbocycles. The zero-order valence-corrected chi connectivity index (χ0v) is 17.3. The van der Waals surface area contributed by atoms with Gasteiger partial charge in [-0.2, -0.15) is 0 Å². The van der Waals surface area contributed by atoms with Gasteiger partial charge in [-0.25, -0.2) is 4.98 Å². The molecule has 1 aliphatic rings. The van der Waals surface area contributed by atoms with Gasteiger partial charge in [0, 0.05) is 39.2 Å². The standard InChI is InChI=1S/C23H23N3OS/c1-6-25-21-10-8-7-9-20(21)24-23(25)19-12-11-18(13-22(19)27)26-14(2)16(4)28-17(5)15(26)3/h6-13,27H,1H2,2-5H3. The maximum Gasteiger partial charge on any atom is 0.148 e. The minimum Gasteiger partial charge on any atom is -0.507 e. The van der Waals surface area contributed by atoms with Gasteiger partial charge in [-0.3, -0.25) is 4.57 Å². The second-order valence-electron chi connectivity index (χ2n) is 6.90. The Labute approximate surface area is 169 Å². The van der Waals surface area contributed by atoms with Crippen LogP contribution in [0.5, 0.6) is 5.75 Å². The lowest BCUT2D eigenvalue weighted by Crippen LogP contribution is -2.22. The Kier molecular flexibility index (Phi) is 4.55. The van der Waals surface area contributed by atoms with Gasteiger partial charge in [0.15, 0.2) is 0 Å². The summed E-state index contributed by atoms with van der Waals surface area (Å²) in [6, 6.07) is 13.7. The number of benzene rings is 2. The van der Waals surface area contributed by atoms with E-state index in [0.29, 0.717) is 11.4 Å². The predicted molar refractivity (Wildman–Crippen MR) is 120 cm³/mol. The quantitative estimate of drug-likeness (QED) is 0.550. The van der Waals surface area contributed by atoms with Crippen LogP contribution in [-0.2, 0) is 0 Å². The first-order chi connectivity index (χ1) is 13.4. The molecule has 0 atom stereocenters. The lowest BCUT2D eigenvalue weighted by Gasteiger charge is -2.33. The summed E-state index contributed by atoms with van der Waals surface area (Å²) >= 11 is 1.80. The van der Waals surface area contributed by atoms with Gasteiger partial charge in [0.05, 0.1) is 16.6 Å². The highest BCUT2D eigenvalue weighted by molar-refractivity contribution is 8.06. The van der Waals surface area contributed by atoms with Crippen molar-refractivity contribution in [2.24, 2.45) is 0 Å². The molecular weight excluding hydrogens is 366 g/mol. The first-order valence-corrected chi connectivity index (χ1v) is 10.00. The molecule has 4 rings (SSSR count). The Hall–Kier alpha value is -2.92. The third-order valence-corrected chi connectivity index (χ3v) is 6.46. The minimum atomic E-state index is 0.199. The van der Waals surface area contributed by atoms with Crippen LogP contribution in [0.3, 0.4) is 0 Å². The molecule has 0 aliphatic carbocycles. The molecule has 0 spiro atoms. The number of aromatic hydroxyl groups is 1. The van der Waals surface area contributed by atoms with Crippen molar-refractivity contribution >= 4 is 34.7 Å².